The number of nitrogens with one attached hydrogen (secondary N) is 1. The summed E-state index contributed by atoms with van der Waals surface area (Å²) in [6, 6.07) is 12.7. The number of aromatic nitrogens is 2. The molecule has 20 heavy (non-hydrogen) atoms. The summed E-state index contributed by atoms with van der Waals surface area (Å²) in [5, 5.41) is 3.32. The Morgan fingerprint density at radius 3 is 2.60 bits per heavy atom. The molecule has 3 heteroatoms. The summed E-state index contributed by atoms with van der Waals surface area (Å²) in [7, 11) is 0. The van der Waals surface area contributed by atoms with Crippen LogP contribution in [0.15, 0.2) is 36.4 Å². The lowest BCUT2D eigenvalue weighted by molar-refractivity contribution is 0.829. The van der Waals surface area contributed by atoms with Gasteiger partial charge in [-0.2, -0.15) is 0 Å². The second-order valence-corrected chi connectivity index (χ2v) is 5.38. The number of aryl methyl sites for hydroxylation is 2. The van der Waals surface area contributed by atoms with Crippen molar-refractivity contribution >= 4 is 5.82 Å². The van der Waals surface area contributed by atoms with Gasteiger partial charge in [0.25, 0.3) is 0 Å². The highest BCUT2D eigenvalue weighted by molar-refractivity contribution is 5.38. The number of hydrogen-bond donors (Lipinski definition) is 1. The maximum Gasteiger partial charge on any atom is 0.131 e. The van der Waals surface area contributed by atoms with Crippen molar-refractivity contribution in [3.8, 4) is 0 Å². The number of nitrogens with zero attached hydrogens (tertiary/aromatic N) is 2. The van der Waals surface area contributed by atoms with Crippen LogP contribution < -0.4 is 5.32 Å². The maximum atomic E-state index is 4.74. The molecule has 3 nitrogen and oxygen atoms in total. The van der Waals surface area contributed by atoms with Gasteiger partial charge >= 0.3 is 0 Å². The molecule has 0 amide bonds. The van der Waals surface area contributed by atoms with Gasteiger partial charge in [0, 0.05) is 30.6 Å². The Morgan fingerprint density at radius 2 is 1.90 bits per heavy atom. The minimum atomic E-state index is 0.672. The van der Waals surface area contributed by atoms with E-state index in [1.807, 2.05) is 0 Å². The Hall–Kier alpha value is -1.90. The van der Waals surface area contributed by atoms with Crippen LogP contribution in [0, 0.1) is 0 Å². The summed E-state index contributed by atoms with van der Waals surface area (Å²) in [6.07, 6.45) is 4.46. The van der Waals surface area contributed by atoms with E-state index >= 15 is 0 Å². The molecule has 0 aliphatic heterocycles. The predicted octanol–water partition coefficient (Wildman–Crippen LogP) is 3.57. The highest BCUT2D eigenvalue weighted by Crippen LogP contribution is 2.39. The van der Waals surface area contributed by atoms with E-state index in [0.29, 0.717) is 5.92 Å². The van der Waals surface area contributed by atoms with Crippen molar-refractivity contribution in [3.05, 3.63) is 53.5 Å². The lowest BCUT2D eigenvalue weighted by atomic mass is 10.1. The van der Waals surface area contributed by atoms with E-state index < -0.39 is 0 Å². The fourth-order valence-electron chi connectivity index (χ4n) is 2.39. The molecule has 0 radical (unpaired) electrons. The maximum absolute atomic E-state index is 4.74. The molecule has 0 bridgehead atoms. The van der Waals surface area contributed by atoms with Crippen molar-refractivity contribution in [3.63, 3.8) is 0 Å². The van der Waals surface area contributed by atoms with Gasteiger partial charge in [0.15, 0.2) is 0 Å². The van der Waals surface area contributed by atoms with Crippen LogP contribution in [0.3, 0.4) is 0 Å². The van der Waals surface area contributed by atoms with Crippen LogP contribution in [-0.2, 0) is 12.8 Å². The largest absolute Gasteiger partial charge is 0.370 e. The molecule has 1 aliphatic rings. The number of rotatable bonds is 6. The van der Waals surface area contributed by atoms with Gasteiger partial charge in [-0.1, -0.05) is 30.3 Å². The molecule has 0 atom stereocenters. The van der Waals surface area contributed by atoms with Crippen LogP contribution in [0.4, 0.5) is 5.82 Å². The molecular weight excluding hydrogens is 246 g/mol. The van der Waals surface area contributed by atoms with E-state index in [-0.39, 0.29) is 0 Å². The quantitative estimate of drug-likeness (QED) is 0.869. The number of benzene rings is 1. The highest BCUT2D eigenvalue weighted by Gasteiger charge is 2.26. The molecule has 104 valence electrons. The smallest absolute Gasteiger partial charge is 0.131 e. The number of anilines is 1. The standard InChI is InChI=1S/C17H21N3/c1-2-18-17-12-15(14-9-10-14)19-16(20-17)11-8-13-6-4-3-5-7-13/h3-7,12,14H,2,8-11H2,1H3,(H,18,19,20). The molecule has 2 aromatic rings. The average Bonchev–Trinajstić information content (AvgIpc) is 3.31. The van der Waals surface area contributed by atoms with E-state index in [1.54, 1.807) is 0 Å². The van der Waals surface area contributed by atoms with E-state index in [9.17, 15) is 0 Å². The summed E-state index contributed by atoms with van der Waals surface area (Å²) >= 11 is 0. The third-order valence-corrected chi connectivity index (χ3v) is 3.63. The van der Waals surface area contributed by atoms with E-state index in [4.69, 9.17) is 4.98 Å². The van der Waals surface area contributed by atoms with Gasteiger partial charge in [-0.05, 0) is 31.7 Å². The summed E-state index contributed by atoms with van der Waals surface area (Å²) < 4.78 is 0. The van der Waals surface area contributed by atoms with Crippen molar-refractivity contribution < 1.29 is 0 Å². The predicted molar refractivity (Wildman–Crippen MR) is 82.0 cm³/mol. The van der Waals surface area contributed by atoms with Gasteiger partial charge in [-0.15, -0.1) is 0 Å². The summed E-state index contributed by atoms with van der Waals surface area (Å²) in [6.45, 7) is 3.00. The second kappa shape index (κ2) is 6.04. The van der Waals surface area contributed by atoms with Crippen molar-refractivity contribution in [2.75, 3.05) is 11.9 Å². The Morgan fingerprint density at radius 1 is 1.10 bits per heavy atom. The van der Waals surface area contributed by atoms with E-state index in [0.717, 1.165) is 31.0 Å². The normalized spacial score (nSPS) is 14.2. The molecule has 3 rings (SSSR count). The fourth-order valence-corrected chi connectivity index (χ4v) is 2.39. The first-order chi connectivity index (χ1) is 9.85. The molecule has 1 fully saturated rings. The Kier molecular flexibility index (Phi) is 3.95. The van der Waals surface area contributed by atoms with Gasteiger partial charge in [0.2, 0.25) is 0 Å². The van der Waals surface area contributed by atoms with Crippen molar-refractivity contribution in [1.29, 1.82) is 0 Å². The summed E-state index contributed by atoms with van der Waals surface area (Å²) in [5.41, 5.74) is 2.57. The van der Waals surface area contributed by atoms with Crippen LogP contribution in [0.25, 0.3) is 0 Å². The van der Waals surface area contributed by atoms with Crippen LogP contribution in [0.5, 0.6) is 0 Å². The molecule has 1 aromatic heterocycles. The van der Waals surface area contributed by atoms with E-state index in [1.165, 1.54) is 24.1 Å². The lowest BCUT2D eigenvalue weighted by Gasteiger charge is -2.08. The zero-order valence-corrected chi connectivity index (χ0v) is 12.0. The Labute approximate surface area is 120 Å². The lowest BCUT2D eigenvalue weighted by Crippen LogP contribution is -2.06. The second-order valence-electron chi connectivity index (χ2n) is 5.38. The van der Waals surface area contributed by atoms with Gasteiger partial charge in [0.1, 0.15) is 11.6 Å². The first kappa shape index (κ1) is 13.1. The average molecular weight is 267 g/mol. The molecule has 0 unspecified atom stereocenters. The van der Waals surface area contributed by atoms with Gasteiger partial charge < -0.3 is 5.32 Å². The van der Waals surface area contributed by atoms with Crippen molar-refractivity contribution in [1.82, 2.24) is 9.97 Å². The van der Waals surface area contributed by atoms with Gasteiger partial charge in [-0.25, -0.2) is 9.97 Å². The zero-order chi connectivity index (χ0) is 13.8. The molecule has 0 saturated heterocycles. The van der Waals surface area contributed by atoms with Gasteiger partial charge in [0.05, 0.1) is 0 Å². The van der Waals surface area contributed by atoms with Crippen LogP contribution >= 0.6 is 0 Å². The van der Waals surface area contributed by atoms with Crippen LogP contribution in [-0.4, -0.2) is 16.5 Å². The molecule has 1 saturated carbocycles. The Bertz CT molecular complexity index is 562. The fraction of sp³-hybridized carbons (Fsp3) is 0.412. The minimum absolute atomic E-state index is 0.672. The Balaban J connectivity index is 1.74. The monoisotopic (exact) mass is 267 g/mol. The van der Waals surface area contributed by atoms with Crippen LogP contribution in [0.2, 0.25) is 0 Å². The summed E-state index contributed by atoms with van der Waals surface area (Å²) in [5.74, 6) is 2.62. The first-order valence-corrected chi connectivity index (χ1v) is 7.51. The van der Waals surface area contributed by atoms with Crippen LogP contribution in [0.1, 0.15) is 42.8 Å². The van der Waals surface area contributed by atoms with Gasteiger partial charge in [-0.3, -0.25) is 0 Å². The minimum Gasteiger partial charge on any atom is -0.370 e. The SMILES string of the molecule is CCNc1cc(C2CC2)nc(CCc2ccccc2)n1. The van der Waals surface area contributed by atoms with Crippen molar-refractivity contribution in [2.45, 2.75) is 38.5 Å². The molecule has 0 spiro atoms. The summed E-state index contributed by atoms with van der Waals surface area (Å²) in [4.78, 5) is 9.37. The van der Waals surface area contributed by atoms with Crippen molar-refractivity contribution in [2.24, 2.45) is 0 Å². The highest BCUT2D eigenvalue weighted by atomic mass is 15.0. The topological polar surface area (TPSA) is 37.8 Å². The van der Waals surface area contributed by atoms with E-state index in [2.05, 4.69) is 53.6 Å². The molecule has 1 aliphatic carbocycles. The number of hydrogen-bond acceptors (Lipinski definition) is 3. The molecular formula is C17H21N3. The zero-order valence-electron chi connectivity index (χ0n) is 12.0. The molecule has 1 N–H and O–H groups in total. The third kappa shape index (κ3) is 3.35. The molecule has 1 aromatic carbocycles. The first-order valence-electron chi connectivity index (χ1n) is 7.51. The molecule has 1 heterocycles. The third-order valence-electron chi connectivity index (χ3n) is 3.63.